The Kier molecular flexibility index (Phi) is 4.13. The number of aliphatic carboxylic acids is 1. The van der Waals surface area contributed by atoms with Gasteiger partial charge in [-0.05, 0) is 43.0 Å². The van der Waals surface area contributed by atoms with Crippen LogP contribution in [0.25, 0.3) is 0 Å². The Labute approximate surface area is 116 Å². The van der Waals surface area contributed by atoms with Gasteiger partial charge >= 0.3 is 5.97 Å². The first-order chi connectivity index (χ1) is 8.89. The fraction of sp³-hybridized carbons (Fsp3) is 0.417. The average molecular weight is 304 g/mol. The van der Waals surface area contributed by atoms with Crippen molar-refractivity contribution in [2.24, 2.45) is 5.92 Å². The lowest BCUT2D eigenvalue weighted by Gasteiger charge is -2.20. The third-order valence-corrected chi connectivity index (χ3v) is 5.00. The zero-order valence-electron chi connectivity index (χ0n) is 10.1. The lowest BCUT2D eigenvalue weighted by molar-refractivity contribution is -0.137. The van der Waals surface area contributed by atoms with E-state index in [0.717, 1.165) is 17.1 Å². The summed E-state index contributed by atoms with van der Waals surface area (Å²) in [7, 11) is -3.77. The van der Waals surface area contributed by atoms with Crippen LogP contribution in [-0.2, 0) is 14.8 Å². The van der Waals surface area contributed by atoms with E-state index in [2.05, 4.69) is 0 Å². The molecular weight excluding hydrogens is 290 g/mol. The molecule has 1 aromatic carbocycles. The SMILES string of the molecule is O=C(O)CN(CC1CC1)S(=O)(=O)c1ccc(Cl)cc1. The van der Waals surface area contributed by atoms with E-state index in [-0.39, 0.29) is 17.4 Å². The van der Waals surface area contributed by atoms with Gasteiger partial charge in [0.2, 0.25) is 10.0 Å². The smallest absolute Gasteiger partial charge is 0.318 e. The van der Waals surface area contributed by atoms with E-state index < -0.39 is 22.5 Å². The summed E-state index contributed by atoms with van der Waals surface area (Å²) >= 11 is 5.72. The van der Waals surface area contributed by atoms with Crippen LogP contribution in [0.5, 0.6) is 0 Å². The largest absolute Gasteiger partial charge is 0.480 e. The standard InChI is InChI=1S/C12H14ClNO4S/c13-10-3-5-11(6-4-10)19(17,18)14(8-12(15)16)7-9-1-2-9/h3-6,9H,1-2,7-8H2,(H,15,16). The zero-order chi connectivity index (χ0) is 14.0. The molecule has 1 aliphatic rings. The number of hydrogen-bond acceptors (Lipinski definition) is 3. The van der Waals surface area contributed by atoms with E-state index >= 15 is 0 Å². The first-order valence-electron chi connectivity index (χ1n) is 5.87. The molecular formula is C12H14ClNO4S. The van der Waals surface area contributed by atoms with Gasteiger partial charge in [-0.25, -0.2) is 8.42 Å². The summed E-state index contributed by atoms with van der Waals surface area (Å²) in [5.74, 6) is -0.875. The van der Waals surface area contributed by atoms with Crippen molar-refractivity contribution in [2.75, 3.05) is 13.1 Å². The van der Waals surface area contributed by atoms with E-state index in [1.54, 1.807) is 0 Å². The van der Waals surface area contributed by atoms with Crippen LogP contribution in [0.4, 0.5) is 0 Å². The summed E-state index contributed by atoms with van der Waals surface area (Å²) in [4.78, 5) is 10.9. The first kappa shape index (κ1) is 14.3. The van der Waals surface area contributed by atoms with Crippen LogP contribution in [0.15, 0.2) is 29.2 Å². The summed E-state index contributed by atoms with van der Waals surface area (Å²) in [5.41, 5.74) is 0. The summed E-state index contributed by atoms with van der Waals surface area (Å²) in [6.07, 6.45) is 1.90. The minimum Gasteiger partial charge on any atom is -0.480 e. The van der Waals surface area contributed by atoms with Gasteiger partial charge in [-0.1, -0.05) is 11.6 Å². The molecule has 19 heavy (non-hydrogen) atoms. The van der Waals surface area contributed by atoms with Gasteiger partial charge in [0.05, 0.1) is 4.90 Å². The Morgan fingerprint density at radius 3 is 2.37 bits per heavy atom. The predicted molar refractivity (Wildman–Crippen MR) is 70.6 cm³/mol. The van der Waals surface area contributed by atoms with Crippen molar-refractivity contribution in [1.29, 1.82) is 0 Å². The molecule has 0 radical (unpaired) electrons. The third-order valence-electron chi connectivity index (χ3n) is 2.92. The van der Waals surface area contributed by atoms with Crippen molar-refractivity contribution in [3.05, 3.63) is 29.3 Å². The Balaban J connectivity index is 2.26. The number of carboxylic acids is 1. The van der Waals surface area contributed by atoms with Crippen molar-refractivity contribution in [3.63, 3.8) is 0 Å². The third kappa shape index (κ3) is 3.68. The molecule has 0 bridgehead atoms. The second-order valence-corrected chi connectivity index (χ2v) is 6.96. The molecule has 0 amide bonds. The van der Waals surface area contributed by atoms with Crippen LogP contribution < -0.4 is 0 Å². The Bertz CT molecular complexity index is 566. The van der Waals surface area contributed by atoms with Crippen molar-refractivity contribution >= 4 is 27.6 Å². The van der Waals surface area contributed by atoms with E-state index in [1.165, 1.54) is 24.3 Å². The highest BCUT2D eigenvalue weighted by molar-refractivity contribution is 7.89. The Hall–Kier alpha value is -1.11. The molecule has 1 fully saturated rings. The minimum atomic E-state index is -3.77. The maximum atomic E-state index is 12.4. The number of nitrogens with zero attached hydrogens (tertiary/aromatic N) is 1. The molecule has 7 heteroatoms. The summed E-state index contributed by atoms with van der Waals surface area (Å²) < 4.78 is 25.7. The van der Waals surface area contributed by atoms with Gasteiger partial charge in [0.1, 0.15) is 6.54 Å². The van der Waals surface area contributed by atoms with Crippen LogP contribution in [0, 0.1) is 5.92 Å². The predicted octanol–water partition coefficient (Wildman–Crippen LogP) is 1.83. The van der Waals surface area contributed by atoms with Crippen molar-refractivity contribution < 1.29 is 18.3 Å². The monoisotopic (exact) mass is 303 g/mol. The average Bonchev–Trinajstić information content (AvgIpc) is 3.12. The quantitative estimate of drug-likeness (QED) is 0.870. The lowest BCUT2D eigenvalue weighted by Crippen LogP contribution is -2.37. The fourth-order valence-electron chi connectivity index (χ4n) is 1.74. The second-order valence-electron chi connectivity index (χ2n) is 4.59. The number of rotatable bonds is 6. The van der Waals surface area contributed by atoms with Crippen LogP contribution in [0.1, 0.15) is 12.8 Å². The molecule has 5 nitrogen and oxygen atoms in total. The van der Waals surface area contributed by atoms with Gasteiger partial charge in [0.25, 0.3) is 0 Å². The van der Waals surface area contributed by atoms with Crippen molar-refractivity contribution in [1.82, 2.24) is 4.31 Å². The van der Waals surface area contributed by atoms with Crippen LogP contribution in [0.2, 0.25) is 5.02 Å². The van der Waals surface area contributed by atoms with Crippen LogP contribution >= 0.6 is 11.6 Å². The highest BCUT2D eigenvalue weighted by Crippen LogP contribution is 2.31. The molecule has 0 aromatic heterocycles. The minimum absolute atomic E-state index is 0.0683. The molecule has 1 aromatic rings. The van der Waals surface area contributed by atoms with Crippen molar-refractivity contribution in [3.8, 4) is 0 Å². The number of carboxylic acid groups (broad SMARTS) is 1. The fourth-order valence-corrected chi connectivity index (χ4v) is 3.33. The van der Waals surface area contributed by atoms with Crippen LogP contribution in [-0.4, -0.2) is 36.9 Å². The van der Waals surface area contributed by atoms with Gasteiger partial charge in [-0.15, -0.1) is 0 Å². The van der Waals surface area contributed by atoms with Gasteiger partial charge in [-0.2, -0.15) is 4.31 Å². The molecule has 2 rings (SSSR count). The lowest BCUT2D eigenvalue weighted by atomic mass is 10.4. The first-order valence-corrected chi connectivity index (χ1v) is 7.69. The van der Waals surface area contributed by atoms with Crippen molar-refractivity contribution in [2.45, 2.75) is 17.7 Å². The summed E-state index contributed by atoms with van der Waals surface area (Å²) in [6.45, 7) is -0.251. The molecule has 1 N–H and O–H groups in total. The van der Waals surface area contributed by atoms with E-state index in [0.29, 0.717) is 5.02 Å². The highest BCUT2D eigenvalue weighted by atomic mass is 35.5. The molecule has 0 unspecified atom stereocenters. The topological polar surface area (TPSA) is 74.7 Å². The maximum Gasteiger partial charge on any atom is 0.318 e. The zero-order valence-corrected chi connectivity index (χ0v) is 11.7. The van der Waals surface area contributed by atoms with Gasteiger partial charge in [0.15, 0.2) is 0 Å². The molecule has 1 saturated carbocycles. The van der Waals surface area contributed by atoms with Gasteiger partial charge in [-0.3, -0.25) is 4.79 Å². The van der Waals surface area contributed by atoms with Crippen LogP contribution in [0.3, 0.4) is 0 Å². The molecule has 0 atom stereocenters. The molecule has 0 heterocycles. The second kappa shape index (κ2) is 5.48. The molecule has 1 aliphatic carbocycles. The van der Waals surface area contributed by atoms with E-state index in [4.69, 9.17) is 16.7 Å². The maximum absolute atomic E-state index is 12.4. The number of carbonyl (C=O) groups is 1. The number of sulfonamides is 1. The van der Waals surface area contributed by atoms with E-state index in [1.807, 2.05) is 0 Å². The number of benzene rings is 1. The molecule has 104 valence electrons. The Morgan fingerprint density at radius 1 is 1.32 bits per heavy atom. The normalized spacial score (nSPS) is 15.7. The number of hydrogen-bond donors (Lipinski definition) is 1. The summed E-state index contributed by atoms with van der Waals surface area (Å²) in [5, 5.41) is 9.28. The number of halogens is 1. The van der Waals surface area contributed by atoms with Gasteiger partial charge in [0, 0.05) is 11.6 Å². The molecule has 0 saturated heterocycles. The summed E-state index contributed by atoms with van der Waals surface area (Å²) in [6, 6.07) is 5.73. The van der Waals surface area contributed by atoms with E-state index in [9.17, 15) is 13.2 Å². The molecule has 0 spiro atoms. The molecule has 0 aliphatic heterocycles. The Morgan fingerprint density at radius 2 is 1.89 bits per heavy atom. The highest BCUT2D eigenvalue weighted by Gasteiger charge is 2.32. The van der Waals surface area contributed by atoms with Gasteiger partial charge < -0.3 is 5.11 Å².